The normalized spacial score (nSPS) is 11.3. The Morgan fingerprint density at radius 2 is 2.06 bits per heavy atom. The van der Waals surface area contributed by atoms with E-state index in [2.05, 4.69) is 4.98 Å². The number of nitrogens with zero attached hydrogens (tertiary/aromatic N) is 1. The van der Waals surface area contributed by atoms with Gasteiger partial charge < -0.3 is 14.7 Å². The van der Waals surface area contributed by atoms with E-state index in [-0.39, 0.29) is 11.3 Å². The lowest BCUT2D eigenvalue weighted by Gasteiger charge is -1.96. The molecule has 4 heteroatoms. The average molecular weight is 214 g/mol. The van der Waals surface area contributed by atoms with E-state index in [1.54, 1.807) is 18.3 Å². The minimum atomic E-state index is -0.115. The molecular weight excluding hydrogens is 204 g/mol. The van der Waals surface area contributed by atoms with Crippen LogP contribution in [0.4, 0.5) is 0 Å². The van der Waals surface area contributed by atoms with Crippen molar-refractivity contribution in [3.63, 3.8) is 0 Å². The molecule has 1 aromatic carbocycles. The summed E-state index contributed by atoms with van der Waals surface area (Å²) < 4.78 is 1.84. The van der Waals surface area contributed by atoms with E-state index in [0.717, 1.165) is 16.3 Å². The van der Waals surface area contributed by atoms with Gasteiger partial charge in [-0.2, -0.15) is 0 Å². The van der Waals surface area contributed by atoms with Crippen molar-refractivity contribution in [1.29, 1.82) is 0 Å². The lowest BCUT2D eigenvalue weighted by Crippen LogP contribution is -2.07. The van der Waals surface area contributed by atoms with Crippen molar-refractivity contribution in [2.45, 2.75) is 0 Å². The molecule has 0 fully saturated rings. The van der Waals surface area contributed by atoms with Gasteiger partial charge in [-0.3, -0.25) is 4.79 Å². The molecule has 80 valence electrons. The highest BCUT2D eigenvalue weighted by Crippen LogP contribution is 2.28. The highest BCUT2D eigenvalue weighted by atomic mass is 16.3. The Morgan fingerprint density at radius 1 is 1.25 bits per heavy atom. The second-order valence-electron chi connectivity index (χ2n) is 3.83. The molecule has 0 atom stereocenters. The van der Waals surface area contributed by atoms with Crippen molar-refractivity contribution in [3.05, 3.63) is 40.8 Å². The largest absolute Gasteiger partial charge is 0.508 e. The second kappa shape index (κ2) is 2.88. The predicted octanol–water partition coefficient (Wildman–Crippen LogP) is 1.73. The van der Waals surface area contributed by atoms with Gasteiger partial charge in [0.25, 0.3) is 5.56 Å². The number of aromatic nitrogens is 2. The van der Waals surface area contributed by atoms with E-state index >= 15 is 0 Å². The van der Waals surface area contributed by atoms with Crippen LogP contribution in [0.3, 0.4) is 0 Å². The summed E-state index contributed by atoms with van der Waals surface area (Å²) in [4.78, 5) is 14.4. The molecule has 0 unspecified atom stereocenters. The summed E-state index contributed by atoms with van der Waals surface area (Å²) >= 11 is 0. The van der Waals surface area contributed by atoms with Crippen LogP contribution in [-0.4, -0.2) is 14.7 Å². The Balaban J connectivity index is 2.71. The third-order valence-corrected chi connectivity index (χ3v) is 2.90. The van der Waals surface area contributed by atoms with Gasteiger partial charge in [0, 0.05) is 29.5 Å². The molecular formula is C12H10N2O2. The average Bonchev–Trinajstić information content (AvgIpc) is 2.54. The van der Waals surface area contributed by atoms with Crippen molar-refractivity contribution >= 4 is 21.8 Å². The van der Waals surface area contributed by atoms with Crippen molar-refractivity contribution in [3.8, 4) is 5.75 Å². The summed E-state index contributed by atoms with van der Waals surface area (Å²) in [7, 11) is 1.84. The van der Waals surface area contributed by atoms with E-state index in [0.29, 0.717) is 5.52 Å². The second-order valence-corrected chi connectivity index (χ2v) is 3.83. The number of benzene rings is 1. The lowest BCUT2D eigenvalue weighted by molar-refractivity contribution is 0.476. The van der Waals surface area contributed by atoms with Gasteiger partial charge in [0.1, 0.15) is 11.3 Å². The Labute approximate surface area is 90.8 Å². The third kappa shape index (κ3) is 1.01. The van der Waals surface area contributed by atoms with Crippen LogP contribution < -0.4 is 5.56 Å². The number of hydrogen-bond acceptors (Lipinski definition) is 2. The summed E-state index contributed by atoms with van der Waals surface area (Å²) in [5.74, 6) is 0.209. The Kier molecular flexibility index (Phi) is 1.63. The molecule has 3 rings (SSSR count). The van der Waals surface area contributed by atoms with Crippen LogP contribution in [0.15, 0.2) is 35.3 Å². The Morgan fingerprint density at radius 3 is 2.88 bits per heavy atom. The van der Waals surface area contributed by atoms with Gasteiger partial charge in [0.05, 0.1) is 0 Å². The zero-order valence-corrected chi connectivity index (χ0v) is 8.69. The molecule has 16 heavy (non-hydrogen) atoms. The molecule has 0 bridgehead atoms. The van der Waals surface area contributed by atoms with E-state index in [4.69, 9.17) is 0 Å². The van der Waals surface area contributed by atoms with Crippen LogP contribution in [0, 0.1) is 0 Å². The summed E-state index contributed by atoms with van der Waals surface area (Å²) in [5, 5.41) is 11.2. The number of phenolic OH excluding ortho intramolecular Hbond substituents is 1. The molecule has 2 aromatic heterocycles. The van der Waals surface area contributed by atoms with Crippen LogP contribution >= 0.6 is 0 Å². The first-order chi connectivity index (χ1) is 7.68. The number of hydrogen-bond donors (Lipinski definition) is 2. The molecule has 2 N–H and O–H groups in total. The molecule has 4 nitrogen and oxygen atoms in total. The number of nitrogens with one attached hydrogen (secondary N) is 1. The maximum Gasteiger partial charge on any atom is 0.272 e. The lowest BCUT2D eigenvalue weighted by atomic mass is 10.2. The standard InChI is InChI=1S/C12H10N2O2/c1-14-10-3-2-7(15)6-9(10)8-4-5-13-12(16)11(8)14/h2-6,15H,1H3,(H,13,16). The number of aromatic hydroxyl groups is 1. The number of phenols is 1. The van der Waals surface area contributed by atoms with Gasteiger partial charge in [-0.25, -0.2) is 0 Å². The highest BCUT2D eigenvalue weighted by molar-refractivity contribution is 6.07. The van der Waals surface area contributed by atoms with E-state index in [1.807, 2.05) is 23.7 Å². The fourth-order valence-electron chi connectivity index (χ4n) is 2.17. The molecule has 0 saturated carbocycles. The monoisotopic (exact) mass is 214 g/mol. The Hall–Kier alpha value is -2.23. The zero-order valence-electron chi connectivity index (χ0n) is 8.69. The minimum Gasteiger partial charge on any atom is -0.508 e. The van der Waals surface area contributed by atoms with Crippen LogP contribution in [0.2, 0.25) is 0 Å². The highest BCUT2D eigenvalue weighted by Gasteiger charge is 2.10. The van der Waals surface area contributed by atoms with Gasteiger partial charge in [-0.05, 0) is 24.3 Å². The Bertz CT molecular complexity index is 753. The maximum atomic E-state index is 11.7. The number of aromatic amines is 1. The molecule has 0 saturated heterocycles. The van der Waals surface area contributed by atoms with E-state index < -0.39 is 0 Å². The van der Waals surface area contributed by atoms with Gasteiger partial charge in [0.15, 0.2) is 0 Å². The molecule has 2 heterocycles. The van der Waals surface area contributed by atoms with E-state index in [9.17, 15) is 9.90 Å². The molecule has 0 amide bonds. The molecule has 0 radical (unpaired) electrons. The van der Waals surface area contributed by atoms with E-state index in [1.165, 1.54) is 0 Å². The number of aryl methyl sites for hydroxylation is 1. The molecule has 0 spiro atoms. The van der Waals surface area contributed by atoms with Gasteiger partial charge in [0.2, 0.25) is 0 Å². The topological polar surface area (TPSA) is 58.0 Å². The summed E-state index contributed by atoms with van der Waals surface area (Å²) in [5.41, 5.74) is 1.45. The summed E-state index contributed by atoms with van der Waals surface area (Å²) in [6.45, 7) is 0. The maximum absolute atomic E-state index is 11.7. The summed E-state index contributed by atoms with van der Waals surface area (Å²) in [6.07, 6.45) is 1.62. The van der Waals surface area contributed by atoms with Crippen molar-refractivity contribution < 1.29 is 5.11 Å². The van der Waals surface area contributed by atoms with Crippen LogP contribution in [-0.2, 0) is 7.05 Å². The van der Waals surface area contributed by atoms with Crippen LogP contribution in [0.25, 0.3) is 21.8 Å². The fourth-order valence-corrected chi connectivity index (χ4v) is 2.17. The minimum absolute atomic E-state index is 0.115. The molecule has 0 aliphatic carbocycles. The number of fused-ring (bicyclic) bond motifs is 3. The molecule has 3 aromatic rings. The van der Waals surface area contributed by atoms with Gasteiger partial charge >= 0.3 is 0 Å². The number of pyridine rings is 1. The SMILES string of the molecule is Cn1c2ccc(O)cc2c2cc[nH]c(=O)c21. The number of rotatable bonds is 0. The summed E-state index contributed by atoms with van der Waals surface area (Å²) in [6, 6.07) is 6.95. The van der Waals surface area contributed by atoms with Crippen molar-refractivity contribution in [2.75, 3.05) is 0 Å². The predicted molar refractivity (Wildman–Crippen MR) is 62.7 cm³/mol. The van der Waals surface area contributed by atoms with Crippen molar-refractivity contribution in [1.82, 2.24) is 9.55 Å². The third-order valence-electron chi connectivity index (χ3n) is 2.90. The first-order valence-corrected chi connectivity index (χ1v) is 4.97. The van der Waals surface area contributed by atoms with Crippen LogP contribution in [0.1, 0.15) is 0 Å². The van der Waals surface area contributed by atoms with Crippen molar-refractivity contribution in [2.24, 2.45) is 7.05 Å². The quantitative estimate of drug-likeness (QED) is 0.598. The van der Waals surface area contributed by atoms with Gasteiger partial charge in [-0.15, -0.1) is 0 Å². The smallest absolute Gasteiger partial charge is 0.272 e. The van der Waals surface area contributed by atoms with Crippen LogP contribution in [0.5, 0.6) is 5.75 Å². The molecule has 0 aliphatic rings. The number of H-pyrrole nitrogens is 1. The molecule has 0 aliphatic heterocycles. The fraction of sp³-hybridized carbons (Fsp3) is 0.0833. The zero-order chi connectivity index (χ0) is 11.3. The van der Waals surface area contributed by atoms with Gasteiger partial charge in [-0.1, -0.05) is 0 Å². The first-order valence-electron chi connectivity index (χ1n) is 4.97. The first kappa shape index (κ1) is 9.03.